The molecule has 156 valence electrons. The average molecular weight is 406 g/mol. The number of likely N-dealkylation sites (N-methyl/N-ethyl adjacent to an activating group) is 1. The first kappa shape index (κ1) is 19.9. The number of benzene rings is 1. The Hall–Kier alpha value is -3.39. The van der Waals surface area contributed by atoms with E-state index < -0.39 is 0 Å². The summed E-state index contributed by atoms with van der Waals surface area (Å²) in [7, 11) is 3.84. The number of aryl methyl sites for hydroxylation is 1. The van der Waals surface area contributed by atoms with Crippen molar-refractivity contribution in [3.8, 4) is 11.1 Å². The fraction of sp³-hybridized carbons (Fsp3) is 0.318. The standard InChI is InChI=1S/C22H26N6O2/c1-14-4-5-16(25-22(30)28-8-6-27(3)7-9-28)11-17(14)18-10-15-13-24-20(23-2)12-19(15)26-21(18)29/h4-5,10-13H,6-9H2,1-3H3,(H,23,24)(H,25,30)(H,26,29). The van der Waals surface area contributed by atoms with Gasteiger partial charge in [0.2, 0.25) is 0 Å². The summed E-state index contributed by atoms with van der Waals surface area (Å²) >= 11 is 0. The minimum Gasteiger partial charge on any atom is -0.373 e. The lowest BCUT2D eigenvalue weighted by atomic mass is 10.00. The lowest BCUT2D eigenvalue weighted by Gasteiger charge is -2.32. The molecule has 2 amide bonds. The smallest absolute Gasteiger partial charge is 0.321 e. The lowest BCUT2D eigenvalue weighted by molar-refractivity contribution is 0.164. The van der Waals surface area contributed by atoms with Crippen molar-refractivity contribution in [3.05, 3.63) is 52.4 Å². The maximum absolute atomic E-state index is 12.8. The van der Waals surface area contributed by atoms with Crippen LogP contribution >= 0.6 is 0 Å². The van der Waals surface area contributed by atoms with Gasteiger partial charge in [-0.05, 0) is 43.3 Å². The number of rotatable bonds is 3. The predicted octanol–water partition coefficient (Wildman–Crippen LogP) is 2.72. The second kappa shape index (κ2) is 8.16. The number of fused-ring (bicyclic) bond motifs is 1. The van der Waals surface area contributed by atoms with Gasteiger partial charge in [0.05, 0.1) is 5.52 Å². The van der Waals surface area contributed by atoms with Gasteiger partial charge in [0.25, 0.3) is 5.56 Å². The zero-order chi connectivity index (χ0) is 21.3. The van der Waals surface area contributed by atoms with Crippen LogP contribution in [0.3, 0.4) is 0 Å². The highest BCUT2D eigenvalue weighted by Crippen LogP contribution is 2.26. The third kappa shape index (κ3) is 3.99. The number of aromatic nitrogens is 2. The van der Waals surface area contributed by atoms with Crippen molar-refractivity contribution in [2.45, 2.75) is 6.92 Å². The van der Waals surface area contributed by atoms with Crippen LogP contribution in [0.5, 0.6) is 0 Å². The van der Waals surface area contributed by atoms with Gasteiger partial charge in [-0.1, -0.05) is 6.07 Å². The molecule has 0 radical (unpaired) electrons. The van der Waals surface area contributed by atoms with Crippen LogP contribution in [-0.4, -0.2) is 66.1 Å². The zero-order valence-corrected chi connectivity index (χ0v) is 17.5. The van der Waals surface area contributed by atoms with E-state index in [2.05, 4.69) is 32.5 Å². The maximum Gasteiger partial charge on any atom is 0.321 e. The van der Waals surface area contributed by atoms with Crippen LogP contribution in [-0.2, 0) is 0 Å². The summed E-state index contributed by atoms with van der Waals surface area (Å²) in [6, 6.07) is 9.17. The van der Waals surface area contributed by atoms with Crippen LogP contribution in [0.15, 0.2) is 41.3 Å². The number of piperazine rings is 1. The highest BCUT2D eigenvalue weighted by atomic mass is 16.2. The van der Waals surface area contributed by atoms with E-state index in [1.54, 1.807) is 19.3 Å². The molecule has 8 heteroatoms. The molecule has 0 spiro atoms. The fourth-order valence-corrected chi connectivity index (χ4v) is 3.64. The molecule has 2 aromatic heterocycles. The van der Waals surface area contributed by atoms with Crippen molar-refractivity contribution < 1.29 is 4.79 Å². The van der Waals surface area contributed by atoms with Crippen molar-refractivity contribution in [2.24, 2.45) is 0 Å². The number of carbonyl (C=O) groups excluding carboxylic acids is 1. The van der Waals surface area contributed by atoms with E-state index in [9.17, 15) is 9.59 Å². The molecule has 1 saturated heterocycles. The average Bonchev–Trinajstić information content (AvgIpc) is 2.74. The quantitative estimate of drug-likeness (QED) is 0.622. The van der Waals surface area contributed by atoms with Crippen molar-refractivity contribution >= 4 is 28.4 Å². The van der Waals surface area contributed by atoms with Gasteiger partial charge in [0.1, 0.15) is 5.82 Å². The minimum absolute atomic E-state index is 0.117. The van der Waals surface area contributed by atoms with Crippen molar-refractivity contribution in [2.75, 3.05) is 50.9 Å². The number of urea groups is 1. The topological polar surface area (TPSA) is 93.4 Å². The van der Waals surface area contributed by atoms with E-state index in [4.69, 9.17) is 0 Å². The largest absolute Gasteiger partial charge is 0.373 e. The molecule has 0 bridgehead atoms. The molecule has 4 rings (SSSR count). The van der Waals surface area contributed by atoms with E-state index in [0.29, 0.717) is 30.2 Å². The first-order valence-electron chi connectivity index (χ1n) is 10.0. The fourth-order valence-electron chi connectivity index (χ4n) is 3.64. The highest BCUT2D eigenvalue weighted by molar-refractivity contribution is 5.91. The molecule has 1 fully saturated rings. The second-order valence-corrected chi connectivity index (χ2v) is 7.67. The van der Waals surface area contributed by atoms with Gasteiger partial charge in [-0.3, -0.25) is 4.79 Å². The van der Waals surface area contributed by atoms with Gasteiger partial charge < -0.3 is 25.4 Å². The molecule has 0 atom stereocenters. The lowest BCUT2D eigenvalue weighted by Crippen LogP contribution is -2.48. The molecule has 3 N–H and O–H groups in total. The third-order valence-corrected chi connectivity index (χ3v) is 5.55. The first-order chi connectivity index (χ1) is 14.4. The zero-order valence-electron chi connectivity index (χ0n) is 17.5. The van der Waals surface area contributed by atoms with Crippen LogP contribution in [0, 0.1) is 6.92 Å². The first-order valence-corrected chi connectivity index (χ1v) is 10.0. The minimum atomic E-state index is -0.179. The molecular formula is C22H26N6O2. The van der Waals surface area contributed by atoms with Gasteiger partial charge in [-0.2, -0.15) is 0 Å². The molecule has 30 heavy (non-hydrogen) atoms. The molecular weight excluding hydrogens is 380 g/mol. The molecule has 0 aliphatic carbocycles. The van der Waals surface area contributed by atoms with Gasteiger partial charge >= 0.3 is 6.03 Å². The molecule has 3 heterocycles. The maximum atomic E-state index is 12.8. The third-order valence-electron chi connectivity index (χ3n) is 5.55. The normalized spacial score (nSPS) is 14.7. The Labute approximate surface area is 174 Å². The van der Waals surface area contributed by atoms with E-state index in [1.165, 1.54) is 0 Å². The van der Waals surface area contributed by atoms with Crippen LogP contribution in [0.1, 0.15) is 5.56 Å². The number of aromatic amines is 1. The Morgan fingerprint density at radius 2 is 1.87 bits per heavy atom. The van der Waals surface area contributed by atoms with Gasteiger partial charge in [0, 0.05) is 62.1 Å². The predicted molar refractivity (Wildman–Crippen MR) is 120 cm³/mol. The van der Waals surface area contributed by atoms with Gasteiger partial charge in [-0.15, -0.1) is 0 Å². The summed E-state index contributed by atoms with van der Waals surface area (Å²) in [5, 5.41) is 6.78. The van der Waals surface area contributed by atoms with Crippen LogP contribution in [0.25, 0.3) is 22.0 Å². The Balaban J connectivity index is 1.64. The van der Waals surface area contributed by atoms with Gasteiger partial charge in [0.15, 0.2) is 0 Å². The molecule has 0 unspecified atom stereocenters. The van der Waals surface area contributed by atoms with Crippen molar-refractivity contribution in [1.29, 1.82) is 0 Å². The summed E-state index contributed by atoms with van der Waals surface area (Å²) in [5.74, 6) is 0.690. The van der Waals surface area contributed by atoms with Gasteiger partial charge in [-0.25, -0.2) is 9.78 Å². The Bertz CT molecular complexity index is 1150. The number of nitrogens with zero attached hydrogens (tertiary/aromatic N) is 3. The monoisotopic (exact) mass is 406 g/mol. The molecule has 8 nitrogen and oxygen atoms in total. The number of anilines is 2. The Kier molecular flexibility index (Phi) is 5.41. The Morgan fingerprint density at radius 1 is 1.10 bits per heavy atom. The summed E-state index contributed by atoms with van der Waals surface area (Å²) in [5.41, 5.74) is 3.50. The number of nitrogens with one attached hydrogen (secondary N) is 3. The molecule has 1 aromatic carbocycles. The summed E-state index contributed by atoms with van der Waals surface area (Å²) in [6.07, 6.45) is 1.73. The Morgan fingerprint density at radius 3 is 2.60 bits per heavy atom. The van der Waals surface area contributed by atoms with Crippen LogP contribution in [0.4, 0.5) is 16.3 Å². The number of hydrogen-bond acceptors (Lipinski definition) is 5. The SMILES string of the molecule is CNc1cc2[nH]c(=O)c(-c3cc(NC(=O)N4CCN(C)CC4)ccc3C)cc2cn1. The van der Waals surface area contributed by atoms with E-state index >= 15 is 0 Å². The second-order valence-electron chi connectivity index (χ2n) is 7.67. The molecule has 1 aliphatic heterocycles. The molecule has 1 aliphatic rings. The number of amides is 2. The molecule has 0 saturated carbocycles. The van der Waals surface area contributed by atoms with Crippen molar-refractivity contribution in [1.82, 2.24) is 19.8 Å². The number of pyridine rings is 2. The van der Waals surface area contributed by atoms with Crippen LogP contribution in [0.2, 0.25) is 0 Å². The summed E-state index contributed by atoms with van der Waals surface area (Å²) < 4.78 is 0. The van der Waals surface area contributed by atoms with E-state index in [0.717, 1.165) is 35.1 Å². The highest BCUT2D eigenvalue weighted by Gasteiger charge is 2.19. The van der Waals surface area contributed by atoms with Crippen molar-refractivity contribution in [3.63, 3.8) is 0 Å². The van der Waals surface area contributed by atoms with E-state index in [1.807, 2.05) is 36.1 Å². The molecule has 3 aromatic rings. The number of hydrogen-bond donors (Lipinski definition) is 3. The summed E-state index contributed by atoms with van der Waals surface area (Å²) in [4.78, 5) is 36.7. The number of H-pyrrole nitrogens is 1. The van der Waals surface area contributed by atoms with E-state index in [-0.39, 0.29) is 11.6 Å². The van der Waals surface area contributed by atoms with Crippen LogP contribution < -0.4 is 16.2 Å². The number of carbonyl (C=O) groups is 1. The summed E-state index contributed by atoms with van der Waals surface area (Å²) in [6.45, 7) is 5.08.